The lowest BCUT2D eigenvalue weighted by Crippen LogP contribution is -1.95. The number of nitrogens with two attached hydrogens (primary N) is 1. The fourth-order valence-corrected chi connectivity index (χ4v) is 1.64. The maximum Gasteiger partial charge on any atom is 0.146 e. The minimum Gasteiger partial charge on any atom is -0.496 e. The maximum atomic E-state index is 13.3. The Hall–Kier alpha value is -2.03. The van der Waals surface area contributed by atoms with Gasteiger partial charge in [0.1, 0.15) is 11.6 Å². The van der Waals surface area contributed by atoms with Crippen LogP contribution in [0.25, 0.3) is 11.1 Å². The number of hydrogen-bond acceptors (Lipinski definition) is 2. The van der Waals surface area contributed by atoms with E-state index in [1.54, 1.807) is 19.2 Å². The lowest BCUT2D eigenvalue weighted by atomic mass is 10.0. The Morgan fingerprint density at radius 2 is 1.69 bits per heavy atom. The van der Waals surface area contributed by atoms with Crippen LogP contribution in [-0.2, 0) is 0 Å². The minimum atomic E-state index is -0.414. The highest BCUT2D eigenvalue weighted by atomic mass is 19.1. The fraction of sp³-hybridized carbons (Fsp3) is 0.0769. The summed E-state index contributed by atoms with van der Waals surface area (Å²) in [6.45, 7) is 0. The third-order valence-electron chi connectivity index (χ3n) is 2.45. The summed E-state index contributed by atoms with van der Waals surface area (Å²) in [6.07, 6.45) is 0. The van der Waals surface area contributed by atoms with Gasteiger partial charge in [0.05, 0.1) is 12.8 Å². The molecule has 2 aromatic carbocycles. The van der Waals surface area contributed by atoms with Crippen molar-refractivity contribution in [2.24, 2.45) is 0 Å². The Labute approximate surface area is 93.5 Å². The van der Waals surface area contributed by atoms with Crippen molar-refractivity contribution in [2.45, 2.75) is 0 Å². The molecule has 0 aliphatic rings. The van der Waals surface area contributed by atoms with Crippen LogP contribution in [0, 0.1) is 5.82 Å². The Morgan fingerprint density at radius 3 is 2.44 bits per heavy atom. The molecule has 2 aromatic rings. The van der Waals surface area contributed by atoms with Gasteiger partial charge in [0.15, 0.2) is 0 Å². The van der Waals surface area contributed by atoms with Gasteiger partial charge in [-0.15, -0.1) is 0 Å². The first-order chi connectivity index (χ1) is 7.74. The zero-order valence-electron chi connectivity index (χ0n) is 8.91. The van der Waals surface area contributed by atoms with E-state index in [2.05, 4.69) is 0 Å². The van der Waals surface area contributed by atoms with Crippen LogP contribution in [0.15, 0.2) is 42.5 Å². The summed E-state index contributed by atoms with van der Waals surface area (Å²) in [5.41, 5.74) is 7.30. The lowest BCUT2D eigenvalue weighted by molar-refractivity contribution is 0.416. The van der Waals surface area contributed by atoms with Crippen LogP contribution in [0.1, 0.15) is 0 Å². The molecule has 82 valence electrons. The third-order valence-corrected chi connectivity index (χ3v) is 2.45. The highest BCUT2D eigenvalue weighted by molar-refractivity contribution is 5.80. The Balaban J connectivity index is 2.63. The SMILES string of the molecule is COc1ccccc1-c1cccc(F)c1N. The van der Waals surface area contributed by atoms with Crippen molar-refractivity contribution in [3.8, 4) is 16.9 Å². The van der Waals surface area contributed by atoms with Gasteiger partial charge in [-0.3, -0.25) is 0 Å². The molecule has 16 heavy (non-hydrogen) atoms. The molecule has 0 aromatic heterocycles. The van der Waals surface area contributed by atoms with Gasteiger partial charge < -0.3 is 10.5 Å². The van der Waals surface area contributed by atoms with Crippen molar-refractivity contribution in [2.75, 3.05) is 12.8 Å². The van der Waals surface area contributed by atoms with Gasteiger partial charge >= 0.3 is 0 Å². The van der Waals surface area contributed by atoms with E-state index in [0.717, 1.165) is 5.56 Å². The van der Waals surface area contributed by atoms with Crippen LogP contribution in [0.3, 0.4) is 0 Å². The molecule has 0 aliphatic carbocycles. The quantitative estimate of drug-likeness (QED) is 0.784. The summed E-state index contributed by atoms with van der Waals surface area (Å²) in [5, 5.41) is 0. The molecule has 0 bridgehead atoms. The molecule has 0 radical (unpaired) electrons. The molecular formula is C13H12FNO. The molecular weight excluding hydrogens is 205 g/mol. The fourth-order valence-electron chi connectivity index (χ4n) is 1.64. The summed E-state index contributed by atoms with van der Waals surface area (Å²) in [6, 6.07) is 12.1. The number of halogens is 1. The predicted octanol–water partition coefficient (Wildman–Crippen LogP) is 3.08. The van der Waals surface area contributed by atoms with Gasteiger partial charge in [-0.2, -0.15) is 0 Å². The number of methoxy groups -OCH3 is 1. The van der Waals surface area contributed by atoms with Gasteiger partial charge in [0.2, 0.25) is 0 Å². The van der Waals surface area contributed by atoms with Crippen LogP contribution in [-0.4, -0.2) is 7.11 Å². The van der Waals surface area contributed by atoms with Gasteiger partial charge in [-0.25, -0.2) is 4.39 Å². The number of rotatable bonds is 2. The van der Waals surface area contributed by atoms with Crippen LogP contribution in [0.4, 0.5) is 10.1 Å². The summed E-state index contributed by atoms with van der Waals surface area (Å²) in [4.78, 5) is 0. The average molecular weight is 217 g/mol. The summed E-state index contributed by atoms with van der Waals surface area (Å²) in [7, 11) is 1.58. The first-order valence-electron chi connectivity index (χ1n) is 4.91. The second-order valence-electron chi connectivity index (χ2n) is 3.40. The zero-order valence-corrected chi connectivity index (χ0v) is 8.91. The van der Waals surface area contributed by atoms with Gasteiger partial charge in [-0.1, -0.05) is 30.3 Å². The topological polar surface area (TPSA) is 35.2 Å². The number of nitrogen functional groups attached to an aromatic ring is 1. The van der Waals surface area contributed by atoms with Crippen molar-refractivity contribution in [1.82, 2.24) is 0 Å². The van der Waals surface area contributed by atoms with Crippen molar-refractivity contribution in [1.29, 1.82) is 0 Å². The average Bonchev–Trinajstić information content (AvgIpc) is 2.33. The molecule has 0 heterocycles. The Kier molecular flexibility index (Phi) is 2.77. The molecule has 0 saturated heterocycles. The number of anilines is 1. The first kappa shape index (κ1) is 10.5. The molecule has 2 nitrogen and oxygen atoms in total. The Morgan fingerprint density at radius 1 is 1.00 bits per heavy atom. The molecule has 0 fully saturated rings. The largest absolute Gasteiger partial charge is 0.496 e. The predicted molar refractivity (Wildman–Crippen MR) is 62.8 cm³/mol. The van der Waals surface area contributed by atoms with E-state index in [-0.39, 0.29) is 5.69 Å². The number of benzene rings is 2. The molecule has 0 amide bonds. The van der Waals surface area contributed by atoms with E-state index in [1.165, 1.54) is 6.07 Å². The molecule has 0 spiro atoms. The normalized spacial score (nSPS) is 10.1. The van der Waals surface area contributed by atoms with Crippen molar-refractivity contribution in [3.05, 3.63) is 48.3 Å². The number of hydrogen-bond donors (Lipinski definition) is 1. The third kappa shape index (κ3) is 1.72. The molecule has 0 saturated carbocycles. The summed E-state index contributed by atoms with van der Waals surface area (Å²) < 4.78 is 18.6. The number of ether oxygens (including phenoxy) is 1. The molecule has 0 atom stereocenters. The molecule has 0 aliphatic heterocycles. The summed E-state index contributed by atoms with van der Waals surface area (Å²) >= 11 is 0. The molecule has 0 unspecified atom stereocenters. The highest BCUT2D eigenvalue weighted by Crippen LogP contribution is 2.34. The highest BCUT2D eigenvalue weighted by Gasteiger charge is 2.10. The van der Waals surface area contributed by atoms with Crippen LogP contribution in [0.5, 0.6) is 5.75 Å². The standard InChI is InChI=1S/C13H12FNO/c1-16-12-8-3-2-5-9(12)10-6-4-7-11(14)13(10)15/h2-8H,15H2,1H3. The minimum absolute atomic E-state index is 0.145. The van der Waals surface area contributed by atoms with Gasteiger partial charge in [0.25, 0.3) is 0 Å². The lowest BCUT2D eigenvalue weighted by Gasteiger charge is -2.10. The van der Waals surface area contributed by atoms with Crippen LogP contribution < -0.4 is 10.5 Å². The van der Waals surface area contributed by atoms with Gasteiger partial charge in [0, 0.05) is 11.1 Å². The van der Waals surface area contributed by atoms with E-state index < -0.39 is 5.82 Å². The van der Waals surface area contributed by atoms with Crippen molar-refractivity contribution in [3.63, 3.8) is 0 Å². The van der Waals surface area contributed by atoms with E-state index in [4.69, 9.17) is 10.5 Å². The van der Waals surface area contributed by atoms with E-state index in [9.17, 15) is 4.39 Å². The smallest absolute Gasteiger partial charge is 0.146 e. The monoisotopic (exact) mass is 217 g/mol. The molecule has 2 rings (SSSR count). The van der Waals surface area contributed by atoms with Gasteiger partial charge in [-0.05, 0) is 12.1 Å². The second-order valence-corrected chi connectivity index (χ2v) is 3.40. The number of para-hydroxylation sites is 2. The van der Waals surface area contributed by atoms with E-state index >= 15 is 0 Å². The van der Waals surface area contributed by atoms with E-state index in [0.29, 0.717) is 11.3 Å². The second kappa shape index (κ2) is 4.23. The van der Waals surface area contributed by atoms with Crippen molar-refractivity contribution >= 4 is 5.69 Å². The zero-order chi connectivity index (χ0) is 11.5. The molecule has 2 N–H and O–H groups in total. The first-order valence-corrected chi connectivity index (χ1v) is 4.91. The molecule has 3 heteroatoms. The maximum absolute atomic E-state index is 13.3. The van der Waals surface area contributed by atoms with Crippen LogP contribution in [0.2, 0.25) is 0 Å². The summed E-state index contributed by atoms with van der Waals surface area (Å²) in [5.74, 6) is 0.267. The van der Waals surface area contributed by atoms with Crippen molar-refractivity contribution < 1.29 is 9.13 Å². The Bertz CT molecular complexity index is 511. The van der Waals surface area contributed by atoms with E-state index in [1.807, 2.05) is 24.3 Å². The van der Waals surface area contributed by atoms with Crippen LogP contribution >= 0.6 is 0 Å².